The molecular weight excluding hydrogens is 314 g/mol. The summed E-state index contributed by atoms with van der Waals surface area (Å²) in [5, 5.41) is 4.40. The Morgan fingerprint density at radius 1 is 1.32 bits per heavy atom. The first kappa shape index (κ1) is 18.0. The van der Waals surface area contributed by atoms with Gasteiger partial charge in [-0.2, -0.15) is 0 Å². The molecule has 1 atom stereocenters. The van der Waals surface area contributed by atoms with Gasteiger partial charge in [0.2, 0.25) is 5.91 Å². The van der Waals surface area contributed by atoms with Crippen LogP contribution in [0, 0.1) is 0 Å². The minimum absolute atomic E-state index is 0.161. The van der Waals surface area contributed by atoms with E-state index < -0.39 is 0 Å². The van der Waals surface area contributed by atoms with Crippen LogP contribution in [0.3, 0.4) is 0 Å². The zero-order chi connectivity index (χ0) is 17.5. The third-order valence-electron chi connectivity index (χ3n) is 4.91. The zero-order valence-corrected chi connectivity index (χ0v) is 15.1. The number of rotatable bonds is 8. The molecular formula is C20H29N3O2. The van der Waals surface area contributed by atoms with E-state index in [0.29, 0.717) is 6.42 Å². The molecule has 1 saturated heterocycles. The predicted octanol–water partition coefficient (Wildman–Crippen LogP) is 2.72. The summed E-state index contributed by atoms with van der Waals surface area (Å²) in [6, 6.07) is 8.54. The number of amides is 1. The maximum atomic E-state index is 12.1. The summed E-state index contributed by atoms with van der Waals surface area (Å²) in [6.07, 6.45) is 5.45. The Morgan fingerprint density at radius 3 is 2.96 bits per heavy atom. The molecule has 1 aliphatic heterocycles. The first-order chi connectivity index (χ1) is 12.2. The molecule has 0 saturated carbocycles. The van der Waals surface area contributed by atoms with E-state index in [9.17, 15) is 4.79 Å². The van der Waals surface area contributed by atoms with Crippen LogP contribution in [0.2, 0.25) is 0 Å². The van der Waals surface area contributed by atoms with E-state index in [1.54, 1.807) is 0 Å². The van der Waals surface area contributed by atoms with Gasteiger partial charge in [-0.15, -0.1) is 0 Å². The quantitative estimate of drug-likeness (QED) is 0.775. The fraction of sp³-hybridized carbons (Fsp3) is 0.550. The Bertz CT molecular complexity index is 676. The standard InChI is InChI=1S/C20H29N3O2/c1-16(9-10-23-11-13-25-14-12-23)22-20(24)8-4-5-17-15-21-19-7-3-2-6-18(17)19/h2-3,6-7,15-16,21H,4-5,8-14H2,1H3,(H,22,24)/t16-/m0/s1. The summed E-state index contributed by atoms with van der Waals surface area (Å²) in [4.78, 5) is 17.8. The van der Waals surface area contributed by atoms with Crippen molar-refractivity contribution in [3.63, 3.8) is 0 Å². The number of fused-ring (bicyclic) bond motifs is 1. The molecule has 3 rings (SSSR count). The molecule has 5 nitrogen and oxygen atoms in total. The van der Waals surface area contributed by atoms with E-state index in [1.807, 2.05) is 6.07 Å². The third kappa shape index (κ3) is 5.31. The molecule has 1 fully saturated rings. The van der Waals surface area contributed by atoms with Gasteiger partial charge in [0, 0.05) is 49.2 Å². The largest absolute Gasteiger partial charge is 0.379 e. The van der Waals surface area contributed by atoms with Crippen LogP contribution >= 0.6 is 0 Å². The lowest BCUT2D eigenvalue weighted by Crippen LogP contribution is -2.40. The van der Waals surface area contributed by atoms with Crippen molar-refractivity contribution in [1.29, 1.82) is 0 Å². The molecule has 1 aromatic carbocycles. The number of carbonyl (C=O) groups excluding carboxylic acids is 1. The minimum atomic E-state index is 0.161. The smallest absolute Gasteiger partial charge is 0.220 e. The van der Waals surface area contributed by atoms with Crippen molar-refractivity contribution in [2.24, 2.45) is 0 Å². The lowest BCUT2D eigenvalue weighted by atomic mass is 10.1. The van der Waals surface area contributed by atoms with Crippen LogP contribution in [0.25, 0.3) is 10.9 Å². The average Bonchev–Trinajstić information content (AvgIpc) is 3.04. The fourth-order valence-corrected chi connectivity index (χ4v) is 3.40. The number of nitrogens with zero attached hydrogens (tertiary/aromatic N) is 1. The van der Waals surface area contributed by atoms with Gasteiger partial charge in [0.1, 0.15) is 0 Å². The molecule has 0 radical (unpaired) electrons. The van der Waals surface area contributed by atoms with Crippen LogP contribution < -0.4 is 5.32 Å². The number of ether oxygens (including phenoxy) is 1. The van der Waals surface area contributed by atoms with Crippen molar-refractivity contribution in [2.45, 2.75) is 38.6 Å². The molecule has 5 heteroatoms. The average molecular weight is 343 g/mol. The molecule has 1 aliphatic rings. The molecule has 2 heterocycles. The maximum absolute atomic E-state index is 12.1. The van der Waals surface area contributed by atoms with Gasteiger partial charge in [-0.05, 0) is 37.8 Å². The molecule has 25 heavy (non-hydrogen) atoms. The van der Waals surface area contributed by atoms with Crippen LogP contribution in [0.4, 0.5) is 0 Å². The Labute approximate surface area is 149 Å². The molecule has 0 aliphatic carbocycles. The molecule has 1 amide bonds. The monoisotopic (exact) mass is 343 g/mol. The molecule has 0 unspecified atom stereocenters. The van der Waals surface area contributed by atoms with Crippen LogP contribution in [0.5, 0.6) is 0 Å². The van der Waals surface area contributed by atoms with Crippen molar-refractivity contribution >= 4 is 16.8 Å². The van der Waals surface area contributed by atoms with Gasteiger partial charge in [-0.3, -0.25) is 9.69 Å². The Morgan fingerprint density at radius 2 is 2.12 bits per heavy atom. The first-order valence-corrected chi connectivity index (χ1v) is 9.37. The lowest BCUT2D eigenvalue weighted by molar-refractivity contribution is -0.121. The molecule has 136 valence electrons. The molecule has 1 aromatic heterocycles. The van der Waals surface area contributed by atoms with Crippen LogP contribution in [-0.4, -0.2) is 54.7 Å². The second-order valence-corrected chi connectivity index (χ2v) is 6.92. The zero-order valence-electron chi connectivity index (χ0n) is 15.1. The number of aromatic amines is 1. The number of aromatic nitrogens is 1. The van der Waals surface area contributed by atoms with Gasteiger partial charge in [0.15, 0.2) is 0 Å². The van der Waals surface area contributed by atoms with Gasteiger partial charge >= 0.3 is 0 Å². The Kier molecular flexibility index (Phi) is 6.48. The van der Waals surface area contributed by atoms with Crippen molar-refractivity contribution in [3.8, 4) is 0 Å². The highest BCUT2D eigenvalue weighted by Gasteiger charge is 2.13. The lowest BCUT2D eigenvalue weighted by Gasteiger charge is -2.27. The highest BCUT2D eigenvalue weighted by atomic mass is 16.5. The summed E-state index contributed by atoms with van der Waals surface area (Å²) < 4.78 is 5.36. The highest BCUT2D eigenvalue weighted by molar-refractivity contribution is 5.83. The normalized spacial score (nSPS) is 16.8. The van der Waals surface area contributed by atoms with E-state index in [1.165, 1.54) is 16.5 Å². The number of hydrogen-bond donors (Lipinski definition) is 2. The van der Waals surface area contributed by atoms with Gasteiger partial charge < -0.3 is 15.0 Å². The van der Waals surface area contributed by atoms with Gasteiger partial charge in [-0.1, -0.05) is 18.2 Å². The Hall–Kier alpha value is -1.85. The fourth-order valence-electron chi connectivity index (χ4n) is 3.40. The van der Waals surface area contributed by atoms with E-state index >= 15 is 0 Å². The van der Waals surface area contributed by atoms with Crippen molar-refractivity contribution in [2.75, 3.05) is 32.8 Å². The van der Waals surface area contributed by atoms with E-state index in [2.05, 4.69) is 46.5 Å². The maximum Gasteiger partial charge on any atom is 0.220 e. The van der Waals surface area contributed by atoms with Gasteiger partial charge in [0.05, 0.1) is 13.2 Å². The van der Waals surface area contributed by atoms with Crippen LogP contribution in [0.15, 0.2) is 30.5 Å². The molecule has 0 spiro atoms. The number of carbonyl (C=O) groups is 1. The van der Waals surface area contributed by atoms with E-state index in [-0.39, 0.29) is 11.9 Å². The van der Waals surface area contributed by atoms with Gasteiger partial charge in [0.25, 0.3) is 0 Å². The number of H-pyrrole nitrogens is 1. The van der Waals surface area contributed by atoms with Gasteiger partial charge in [-0.25, -0.2) is 0 Å². The highest BCUT2D eigenvalue weighted by Crippen LogP contribution is 2.19. The third-order valence-corrected chi connectivity index (χ3v) is 4.91. The number of nitrogens with one attached hydrogen (secondary N) is 2. The SMILES string of the molecule is C[C@@H](CCN1CCOCC1)NC(=O)CCCc1c[nH]c2ccccc12. The van der Waals surface area contributed by atoms with Crippen LogP contribution in [0.1, 0.15) is 31.7 Å². The molecule has 2 aromatic rings. The Balaban J connectivity index is 1.34. The van der Waals surface area contributed by atoms with Crippen molar-refractivity contribution in [1.82, 2.24) is 15.2 Å². The van der Waals surface area contributed by atoms with Crippen LogP contribution in [-0.2, 0) is 16.0 Å². The summed E-state index contributed by atoms with van der Waals surface area (Å²) >= 11 is 0. The first-order valence-electron chi connectivity index (χ1n) is 9.37. The topological polar surface area (TPSA) is 57.4 Å². The summed E-state index contributed by atoms with van der Waals surface area (Å²) in [5.74, 6) is 0.161. The second kappa shape index (κ2) is 9.02. The number of para-hydroxylation sites is 1. The predicted molar refractivity (Wildman–Crippen MR) is 101 cm³/mol. The second-order valence-electron chi connectivity index (χ2n) is 6.92. The van der Waals surface area contributed by atoms with Crippen molar-refractivity contribution in [3.05, 3.63) is 36.0 Å². The number of hydrogen-bond acceptors (Lipinski definition) is 3. The minimum Gasteiger partial charge on any atom is -0.379 e. The number of aryl methyl sites for hydroxylation is 1. The van der Waals surface area contributed by atoms with Crippen molar-refractivity contribution < 1.29 is 9.53 Å². The summed E-state index contributed by atoms with van der Waals surface area (Å²) in [5.41, 5.74) is 2.46. The molecule has 2 N–H and O–H groups in total. The summed E-state index contributed by atoms with van der Waals surface area (Å²) in [6.45, 7) is 6.79. The number of morpholine rings is 1. The van der Waals surface area contributed by atoms with E-state index in [4.69, 9.17) is 4.74 Å². The molecule has 0 bridgehead atoms. The van der Waals surface area contributed by atoms with E-state index in [0.717, 1.165) is 52.1 Å². The summed E-state index contributed by atoms with van der Waals surface area (Å²) in [7, 11) is 0. The number of benzene rings is 1.